The molecule has 0 aromatic carbocycles. The van der Waals surface area contributed by atoms with Crippen molar-refractivity contribution in [1.29, 1.82) is 0 Å². The molecule has 19 heavy (non-hydrogen) atoms. The Hall–Kier alpha value is -0.610. The summed E-state index contributed by atoms with van der Waals surface area (Å²) in [5.74, 6) is -0.567. The van der Waals surface area contributed by atoms with E-state index in [9.17, 15) is 9.90 Å². The molecule has 2 fully saturated rings. The molecule has 1 N–H and O–H groups in total. The number of likely N-dealkylation sites (tertiary alicyclic amines) is 1. The van der Waals surface area contributed by atoms with Crippen LogP contribution in [0.3, 0.4) is 0 Å². The highest BCUT2D eigenvalue weighted by molar-refractivity contribution is 5.75. The van der Waals surface area contributed by atoms with Gasteiger partial charge in [0.05, 0.1) is 5.41 Å². The van der Waals surface area contributed by atoms with E-state index in [4.69, 9.17) is 0 Å². The molecule has 1 aliphatic heterocycles. The zero-order chi connectivity index (χ0) is 13.9. The molecule has 1 unspecified atom stereocenters. The zero-order valence-corrected chi connectivity index (χ0v) is 12.4. The monoisotopic (exact) mass is 268 g/mol. The molecule has 0 aromatic heterocycles. The molecule has 1 aliphatic carbocycles. The van der Waals surface area contributed by atoms with Crippen LogP contribution >= 0.6 is 0 Å². The van der Waals surface area contributed by atoms with Gasteiger partial charge in [0.25, 0.3) is 0 Å². The molecule has 4 heteroatoms. The van der Waals surface area contributed by atoms with Crippen LogP contribution in [0.15, 0.2) is 0 Å². The number of rotatable bonds is 5. The van der Waals surface area contributed by atoms with Crippen molar-refractivity contribution in [3.05, 3.63) is 0 Å². The molecule has 0 spiro atoms. The molecule has 1 atom stereocenters. The van der Waals surface area contributed by atoms with E-state index in [0.29, 0.717) is 6.04 Å². The predicted octanol–water partition coefficient (Wildman–Crippen LogP) is 2.05. The van der Waals surface area contributed by atoms with Gasteiger partial charge in [-0.2, -0.15) is 0 Å². The van der Waals surface area contributed by atoms with Crippen molar-refractivity contribution < 1.29 is 9.90 Å². The highest BCUT2D eigenvalue weighted by Crippen LogP contribution is 2.38. The van der Waals surface area contributed by atoms with E-state index in [0.717, 1.165) is 45.3 Å². The summed E-state index contributed by atoms with van der Waals surface area (Å²) >= 11 is 0. The molecule has 1 saturated heterocycles. The zero-order valence-electron chi connectivity index (χ0n) is 12.4. The minimum Gasteiger partial charge on any atom is -0.481 e. The van der Waals surface area contributed by atoms with Crippen LogP contribution in [0.5, 0.6) is 0 Å². The van der Waals surface area contributed by atoms with Crippen molar-refractivity contribution in [2.75, 3.05) is 33.7 Å². The number of carboxylic acids is 1. The first kappa shape index (κ1) is 14.8. The molecule has 110 valence electrons. The van der Waals surface area contributed by atoms with E-state index in [1.807, 2.05) is 0 Å². The van der Waals surface area contributed by atoms with Crippen molar-refractivity contribution >= 4 is 5.97 Å². The molecular formula is C15H28N2O2. The maximum Gasteiger partial charge on any atom is 0.310 e. The fourth-order valence-electron chi connectivity index (χ4n) is 3.79. The molecule has 4 nitrogen and oxygen atoms in total. The quantitative estimate of drug-likeness (QED) is 0.829. The van der Waals surface area contributed by atoms with E-state index in [1.165, 1.54) is 19.3 Å². The standard InChI is InChI=1S/C15H28N2O2/c1-16(2)11-13-7-6-10-17(13)12-15(14(18)19)8-4-3-5-9-15/h13H,3-12H2,1-2H3,(H,18,19). The molecule has 0 amide bonds. The van der Waals surface area contributed by atoms with E-state index in [-0.39, 0.29) is 0 Å². The topological polar surface area (TPSA) is 43.8 Å². The largest absolute Gasteiger partial charge is 0.481 e. The van der Waals surface area contributed by atoms with Crippen molar-refractivity contribution in [3.63, 3.8) is 0 Å². The lowest BCUT2D eigenvalue weighted by Gasteiger charge is -2.39. The van der Waals surface area contributed by atoms with Crippen LogP contribution in [0.4, 0.5) is 0 Å². The Bertz CT molecular complexity index is 311. The maximum absolute atomic E-state index is 11.8. The van der Waals surface area contributed by atoms with Crippen LogP contribution in [0, 0.1) is 5.41 Å². The van der Waals surface area contributed by atoms with Crippen molar-refractivity contribution in [1.82, 2.24) is 9.80 Å². The molecule has 2 rings (SSSR count). The van der Waals surface area contributed by atoms with Crippen molar-refractivity contribution in [3.8, 4) is 0 Å². The van der Waals surface area contributed by atoms with Gasteiger partial charge >= 0.3 is 5.97 Å². The first-order chi connectivity index (χ1) is 9.03. The second-order valence-corrected chi connectivity index (χ2v) is 6.67. The molecule has 0 aromatic rings. The first-order valence-electron chi connectivity index (χ1n) is 7.66. The number of carbonyl (C=O) groups is 1. The van der Waals surface area contributed by atoms with Crippen LogP contribution in [-0.2, 0) is 4.79 Å². The highest BCUT2D eigenvalue weighted by Gasteiger charge is 2.42. The van der Waals surface area contributed by atoms with Crippen LogP contribution in [-0.4, -0.2) is 60.6 Å². The summed E-state index contributed by atoms with van der Waals surface area (Å²) in [7, 11) is 4.20. The van der Waals surface area contributed by atoms with Gasteiger partial charge in [-0.05, 0) is 46.3 Å². The van der Waals surface area contributed by atoms with Gasteiger partial charge in [0, 0.05) is 19.1 Å². The number of aliphatic carboxylic acids is 1. The third-order valence-corrected chi connectivity index (χ3v) is 4.85. The van der Waals surface area contributed by atoms with Gasteiger partial charge in [-0.25, -0.2) is 0 Å². The first-order valence-corrected chi connectivity index (χ1v) is 7.66. The Kier molecular flexibility index (Phi) is 4.85. The number of hydrogen-bond acceptors (Lipinski definition) is 3. The van der Waals surface area contributed by atoms with Crippen LogP contribution in [0.25, 0.3) is 0 Å². The van der Waals surface area contributed by atoms with Gasteiger partial charge in [0.2, 0.25) is 0 Å². The molecule has 1 heterocycles. The van der Waals surface area contributed by atoms with Gasteiger partial charge in [0.15, 0.2) is 0 Å². The molecule has 1 saturated carbocycles. The van der Waals surface area contributed by atoms with Crippen LogP contribution in [0.1, 0.15) is 44.9 Å². The Balaban J connectivity index is 2.02. The Morgan fingerprint density at radius 3 is 2.53 bits per heavy atom. The average molecular weight is 268 g/mol. The van der Waals surface area contributed by atoms with Gasteiger partial charge in [-0.15, -0.1) is 0 Å². The summed E-state index contributed by atoms with van der Waals surface area (Å²) in [6.45, 7) is 2.89. The Morgan fingerprint density at radius 1 is 1.26 bits per heavy atom. The second kappa shape index (κ2) is 6.23. The maximum atomic E-state index is 11.8. The molecule has 2 aliphatic rings. The summed E-state index contributed by atoms with van der Waals surface area (Å²) in [6.07, 6.45) is 7.54. The smallest absolute Gasteiger partial charge is 0.310 e. The molecule has 0 bridgehead atoms. The van der Waals surface area contributed by atoms with Gasteiger partial charge in [0.1, 0.15) is 0 Å². The van der Waals surface area contributed by atoms with Crippen LogP contribution in [0.2, 0.25) is 0 Å². The number of carboxylic acid groups (broad SMARTS) is 1. The van der Waals surface area contributed by atoms with Crippen molar-refractivity contribution in [2.45, 2.75) is 51.0 Å². The highest BCUT2D eigenvalue weighted by atomic mass is 16.4. The minimum atomic E-state index is -0.567. The summed E-state index contributed by atoms with van der Waals surface area (Å²) in [5.41, 5.74) is -0.465. The normalized spacial score (nSPS) is 27.8. The Labute approximate surface area is 116 Å². The van der Waals surface area contributed by atoms with Gasteiger partial charge in [-0.1, -0.05) is 19.3 Å². The second-order valence-electron chi connectivity index (χ2n) is 6.67. The third kappa shape index (κ3) is 3.48. The van der Waals surface area contributed by atoms with Gasteiger partial charge in [-0.3, -0.25) is 9.69 Å². The van der Waals surface area contributed by atoms with Gasteiger partial charge < -0.3 is 10.0 Å². The third-order valence-electron chi connectivity index (χ3n) is 4.85. The van der Waals surface area contributed by atoms with E-state index in [1.54, 1.807) is 0 Å². The van der Waals surface area contributed by atoms with E-state index < -0.39 is 11.4 Å². The lowest BCUT2D eigenvalue weighted by atomic mass is 9.73. The lowest BCUT2D eigenvalue weighted by molar-refractivity contribution is -0.152. The Morgan fingerprint density at radius 2 is 1.95 bits per heavy atom. The molecular weight excluding hydrogens is 240 g/mol. The number of likely N-dealkylation sites (N-methyl/N-ethyl adjacent to an activating group) is 1. The number of nitrogens with zero attached hydrogens (tertiary/aromatic N) is 2. The average Bonchev–Trinajstić information content (AvgIpc) is 2.76. The van der Waals surface area contributed by atoms with E-state index in [2.05, 4.69) is 23.9 Å². The summed E-state index contributed by atoms with van der Waals surface area (Å²) in [4.78, 5) is 16.4. The summed E-state index contributed by atoms with van der Waals surface area (Å²) < 4.78 is 0. The number of hydrogen-bond donors (Lipinski definition) is 1. The SMILES string of the molecule is CN(C)CC1CCCN1CC1(C(=O)O)CCCCC1. The molecule has 0 radical (unpaired) electrons. The fraction of sp³-hybridized carbons (Fsp3) is 0.933. The predicted molar refractivity (Wildman–Crippen MR) is 76.3 cm³/mol. The minimum absolute atomic E-state index is 0.465. The summed E-state index contributed by atoms with van der Waals surface area (Å²) in [6, 6.07) is 0.549. The van der Waals surface area contributed by atoms with E-state index >= 15 is 0 Å². The summed E-state index contributed by atoms with van der Waals surface area (Å²) in [5, 5.41) is 9.68. The lowest BCUT2D eigenvalue weighted by Crippen LogP contribution is -2.48. The fourth-order valence-corrected chi connectivity index (χ4v) is 3.79. The van der Waals surface area contributed by atoms with Crippen LogP contribution < -0.4 is 0 Å². The van der Waals surface area contributed by atoms with Crippen molar-refractivity contribution in [2.24, 2.45) is 5.41 Å².